The number of anilines is 1. The zero-order chi connectivity index (χ0) is 27.8. The number of ether oxygens (including phenoxy) is 1. The Hall–Kier alpha value is -4.70. The fourth-order valence-electron chi connectivity index (χ4n) is 3.71. The lowest BCUT2D eigenvalue weighted by atomic mass is 10.1. The van der Waals surface area contributed by atoms with E-state index in [1.54, 1.807) is 79.7 Å². The van der Waals surface area contributed by atoms with Crippen molar-refractivity contribution in [2.75, 3.05) is 17.5 Å². The van der Waals surface area contributed by atoms with Gasteiger partial charge in [-0.3, -0.25) is 9.10 Å². The van der Waals surface area contributed by atoms with Crippen molar-refractivity contribution in [3.05, 3.63) is 108 Å². The first-order valence-electron chi connectivity index (χ1n) is 12.1. The number of nitrogens with zero attached hydrogens (tertiary/aromatic N) is 2. The predicted octanol–water partition coefficient (Wildman–Crippen LogP) is 4.78. The molecule has 0 radical (unpaired) electrons. The van der Waals surface area contributed by atoms with Gasteiger partial charge in [-0.2, -0.15) is 5.10 Å². The third kappa shape index (κ3) is 6.79. The normalized spacial score (nSPS) is 11.3. The van der Waals surface area contributed by atoms with Gasteiger partial charge in [0.15, 0.2) is 0 Å². The summed E-state index contributed by atoms with van der Waals surface area (Å²) in [6, 6.07) is 25.0. The molecule has 9 nitrogen and oxygen atoms in total. The zero-order valence-corrected chi connectivity index (χ0v) is 22.2. The summed E-state index contributed by atoms with van der Waals surface area (Å²) in [5, 5.41) is 3.92. The zero-order valence-electron chi connectivity index (χ0n) is 21.4. The van der Waals surface area contributed by atoms with Gasteiger partial charge in [0.2, 0.25) is 0 Å². The summed E-state index contributed by atoms with van der Waals surface area (Å²) < 4.78 is 38.5. The van der Waals surface area contributed by atoms with Gasteiger partial charge in [-0.05, 0) is 67.9 Å². The van der Waals surface area contributed by atoms with Gasteiger partial charge in [0, 0.05) is 5.56 Å². The Morgan fingerprint density at radius 2 is 1.72 bits per heavy atom. The van der Waals surface area contributed by atoms with Gasteiger partial charge in [0.25, 0.3) is 15.9 Å². The van der Waals surface area contributed by atoms with Crippen LogP contribution >= 0.6 is 0 Å². The molecule has 4 rings (SSSR count). The molecular formula is C29H27N3O6S. The van der Waals surface area contributed by atoms with E-state index in [1.807, 2.05) is 13.0 Å². The van der Waals surface area contributed by atoms with Crippen LogP contribution in [0.2, 0.25) is 0 Å². The van der Waals surface area contributed by atoms with Crippen molar-refractivity contribution in [1.29, 1.82) is 0 Å². The van der Waals surface area contributed by atoms with Crippen molar-refractivity contribution in [2.24, 2.45) is 5.10 Å². The average molecular weight is 546 g/mol. The molecule has 1 heterocycles. The number of aryl methyl sites for hydroxylation is 1. The maximum atomic E-state index is 13.4. The molecule has 0 saturated heterocycles. The van der Waals surface area contributed by atoms with Crippen molar-refractivity contribution in [3.8, 4) is 11.3 Å². The van der Waals surface area contributed by atoms with Crippen LogP contribution in [0.3, 0.4) is 0 Å². The highest BCUT2D eigenvalue weighted by molar-refractivity contribution is 7.92. The molecule has 39 heavy (non-hydrogen) atoms. The van der Waals surface area contributed by atoms with E-state index in [4.69, 9.17) is 9.15 Å². The summed E-state index contributed by atoms with van der Waals surface area (Å²) in [7, 11) is -4.01. The van der Waals surface area contributed by atoms with E-state index in [-0.39, 0.29) is 4.90 Å². The van der Waals surface area contributed by atoms with E-state index < -0.39 is 28.4 Å². The summed E-state index contributed by atoms with van der Waals surface area (Å²) in [4.78, 5) is 24.6. The molecule has 0 aliphatic rings. The Kier molecular flexibility index (Phi) is 8.57. The summed E-state index contributed by atoms with van der Waals surface area (Å²) >= 11 is 0. The minimum atomic E-state index is -4.01. The molecule has 1 N–H and O–H groups in total. The lowest BCUT2D eigenvalue weighted by Gasteiger charge is -2.24. The van der Waals surface area contributed by atoms with Crippen LogP contribution in [0.15, 0.2) is 105 Å². The van der Waals surface area contributed by atoms with Gasteiger partial charge < -0.3 is 9.15 Å². The molecule has 0 atom stereocenters. The molecule has 0 aliphatic carbocycles. The van der Waals surface area contributed by atoms with Gasteiger partial charge >= 0.3 is 5.97 Å². The van der Waals surface area contributed by atoms with Crippen LogP contribution < -0.4 is 9.73 Å². The number of benzene rings is 3. The number of nitrogens with one attached hydrogen (secondary N) is 1. The van der Waals surface area contributed by atoms with Crippen LogP contribution in [0.5, 0.6) is 0 Å². The van der Waals surface area contributed by atoms with E-state index in [2.05, 4.69) is 10.5 Å². The number of carbonyl (C=O) groups is 2. The number of furan rings is 1. The molecule has 0 unspecified atom stereocenters. The second kappa shape index (κ2) is 12.2. The third-order valence-electron chi connectivity index (χ3n) is 5.60. The van der Waals surface area contributed by atoms with Gasteiger partial charge in [0.1, 0.15) is 18.1 Å². The van der Waals surface area contributed by atoms with E-state index in [9.17, 15) is 18.0 Å². The Morgan fingerprint density at radius 3 is 2.41 bits per heavy atom. The molecule has 0 bridgehead atoms. The van der Waals surface area contributed by atoms with Crippen molar-refractivity contribution < 1.29 is 27.2 Å². The third-order valence-corrected chi connectivity index (χ3v) is 7.38. The number of sulfonamides is 1. The molecule has 0 spiro atoms. The summed E-state index contributed by atoms with van der Waals surface area (Å²) in [6.45, 7) is 3.40. The second-order valence-electron chi connectivity index (χ2n) is 8.46. The van der Waals surface area contributed by atoms with Crippen LogP contribution in [0.25, 0.3) is 11.3 Å². The van der Waals surface area contributed by atoms with Crippen LogP contribution in [-0.2, 0) is 19.6 Å². The highest BCUT2D eigenvalue weighted by Crippen LogP contribution is 2.25. The largest absolute Gasteiger partial charge is 0.462 e. The highest BCUT2D eigenvalue weighted by atomic mass is 32.2. The summed E-state index contributed by atoms with van der Waals surface area (Å²) in [5.74, 6) is -0.122. The molecule has 0 saturated carbocycles. The number of hydrogen-bond acceptors (Lipinski definition) is 7. The first kappa shape index (κ1) is 27.3. The smallest absolute Gasteiger partial charge is 0.338 e. The van der Waals surface area contributed by atoms with Crippen molar-refractivity contribution in [3.63, 3.8) is 0 Å². The minimum Gasteiger partial charge on any atom is -0.462 e. The highest BCUT2D eigenvalue weighted by Gasteiger charge is 2.27. The van der Waals surface area contributed by atoms with Gasteiger partial charge in [0.05, 0.1) is 29.0 Å². The quantitative estimate of drug-likeness (QED) is 0.174. The topological polar surface area (TPSA) is 118 Å². The number of amides is 1. The van der Waals surface area contributed by atoms with Crippen LogP contribution in [0, 0.1) is 6.92 Å². The Bertz CT molecular complexity index is 1580. The van der Waals surface area contributed by atoms with Crippen molar-refractivity contribution >= 4 is 33.8 Å². The monoisotopic (exact) mass is 545 g/mol. The lowest BCUT2D eigenvalue weighted by Crippen LogP contribution is -2.39. The molecule has 10 heteroatoms. The van der Waals surface area contributed by atoms with E-state index in [0.717, 1.165) is 15.4 Å². The standard InChI is InChI=1S/C29H27N3O6S/c1-3-37-29(34)23-14-12-22(13-15-23)27-17-16-25(38-27)19-30-31-28(33)20-32(24-9-7-8-21(2)18-24)39(35,36)26-10-5-4-6-11-26/h4-19H,3,20H2,1-2H3,(H,31,33)/b30-19+. The Labute approximate surface area is 226 Å². The molecule has 1 amide bonds. The fourth-order valence-corrected chi connectivity index (χ4v) is 5.15. The van der Waals surface area contributed by atoms with E-state index in [1.165, 1.54) is 18.3 Å². The van der Waals surface area contributed by atoms with E-state index in [0.29, 0.717) is 29.4 Å². The lowest BCUT2D eigenvalue weighted by molar-refractivity contribution is -0.119. The fraction of sp³-hybridized carbons (Fsp3) is 0.138. The van der Waals surface area contributed by atoms with Gasteiger partial charge in [-0.15, -0.1) is 0 Å². The molecule has 0 fully saturated rings. The van der Waals surface area contributed by atoms with Crippen LogP contribution in [0.1, 0.15) is 28.6 Å². The van der Waals surface area contributed by atoms with Crippen LogP contribution in [0.4, 0.5) is 5.69 Å². The number of esters is 1. The molecule has 4 aromatic rings. The van der Waals surface area contributed by atoms with Crippen molar-refractivity contribution in [1.82, 2.24) is 5.43 Å². The average Bonchev–Trinajstić information content (AvgIpc) is 3.41. The molecular weight excluding hydrogens is 518 g/mol. The Balaban J connectivity index is 1.44. The van der Waals surface area contributed by atoms with E-state index >= 15 is 0 Å². The molecule has 3 aromatic carbocycles. The maximum absolute atomic E-state index is 13.4. The minimum absolute atomic E-state index is 0.0706. The maximum Gasteiger partial charge on any atom is 0.338 e. The molecule has 200 valence electrons. The predicted molar refractivity (Wildman–Crippen MR) is 148 cm³/mol. The summed E-state index contributed by atoms with van der Waals surface area (Å²) in [6.07, 6.45) is 1.32. The Morgan fingerprint density at radius 1 is 0.974 bits per heavy atom. The SMILES string of the molecule is CCOC(=O)c1ccc(-c2ccc(/C=N/NC(=O)CN(c3cccc(C)c3)S(=O)(=O)c3ccccc3)o2)cc1. The molecule has 1 aromatic heterocycles. The van der Waals surface area contributed by atoms with Gasteiger partial charge in [-0.1, -0.05) is 42.5 Å². The van der Waals surface area contributed by atoms with Crippen molar-refractivity contribution in [2.45, 2.75) is 18.7 Å². The van der Waals surface area contributed by atoms with Gasteiger partial charge in [-0.25, -0.2) is 18.6 Å². The first-order chi connectivity index (χ1) is 18.8. The second-order valence-corrected chi connectivity index (χ2v) is 10.3. The number of hydrazone groups is 1. The summed E-state index contributed by atoms with van der Waals surface area (Å²) in [5.41, 5.74) is 4.76. The van der Waals surface area contributed by atoms with Crippen LogP contribution in [-0.4, -0.2) is 39.7 Å². The molecule has 0 aliphatic heterocycles. The number of hydrogen-bond donors (Lipinski definition) is 1. The number of carbonyl (C=O) groups excluding carboxylic acids is 2. The first-order valence-corrected chi connectivity index (χ1v) is 13.6. The number of rotatable bonds is 10.